The number of hydrogen-bond acceptors (Lipinski definition) is 0. The van der Waals surface area contributed by atoms with Crippen LogP contribution in [0.25, 0.3) is 32.7 Å². The van der Waals surface area contributed by atoms with Crippen molar-refractivity contribution < 1.29 is 0 Å². The van der Waals surface area contributed by atoms with Crippen molar-refractivity contribution >= 4 is 34.9 Å². The molecule has 21 heavy (non-hydrogen) atoms. The summed E-state index contributed by atoms with van der Waals surface area (Å²) < 4.78 is 0. The summed E-state index contributed by atoms with van der Waals surface area (Å²) in [4.78, 5) is 0. The highest BCUT2D eigenvalue weighted by atomic mass is 14.1. The van der Waals surface area contributed by atoms with E-state index < -0.39 is 0 Å². The van der Waals surface area contributed by atoms with Crippen LogP contribution in [0.3, 0.4) is 0 Å². The Morgan fingerprint density at radius 2 is 1.19 bits per heavy atom. The quantitative estimate of drug-likeness (QED) is 0.352. The molecule has 0 amide bonds. The number of rotatable bonds is 1. The van der Waals surface area contributed by atoms with Gasteiger partial charge in [-0.2, -0.15) is 0 Å². The van der Waals surface area contributed by atoms with Crippen LogP contribution in [0.5, 0.6) is 0 Å². The number of benzene rings is 4. The lowest BCUT2D eigenvalue weighted by Crippen LogP contribution is -1.99. The standard InChI is InChI=1S/C20H13B/c21-18-10-7-14(8-11-18)16-9-12-20-17(13-16)6-5-15-3-1-2-4-19(15)20/h1-13H. The van der Waals surface area contributed by atoms with E-state index in [0.29, 0.717) is 0 Å². The average molecular weight is 264 g/mol. The maximum absolute atomic E-state index is 5.76. The summed E-state index contributed by atoms with van der Waals surface area (Å²) in [6.07, 6.45) is 0. The molecule has 0 saturated heterocycles. The average Bonchev–Trinajstić information content (AvgIpc) is 2.55. The molecule has 4 aromatic carbocycles. The summed E-state index contributed by atoms with van der Waals surface area (Å²) in [5, 5.41) is 5.15. The fourth-order valence-corrected chi connectivity index (χ4v) is 2.87. The van der Waals surface area contributed by atoms with Crippen molar-refractivity contribution in [3.8, 4) is 11.1 Å². The topological polar surface area (TPSA) is 0 Å². The van der Waals surface area contributed by atoms with Crippen LogP contribution in [0.1, 0.15) is 0 Å². The monoisotopic (exact) mass is 264 g/mol. The lowest BCUT2D eigenvalue weighted by atomic mass is 9.92. The van der Waals surface area contributed by atoms with E-state index in [2.05, 4.69) is 66.7 Å². The Labute approximate surface area is 125 Å². The van der Waals surface area contributed by atoms with Crippen LogP contribution in [-0.4, -0.2) is 7.85 Å². The minimum atomic E-state index is 0.797. The fourth-order valence-electron chi connectivity index (χ4n) is 2.87. The molecule has 2 radical (unpaired) electrons. The summed E-state index contributed by atoms with van der Waals surface area (Å²) in [5.41, 5.74) is 3.21. The molecule has 0 aliphatic heterocycles. The van der Waals surface area contributed by atoms with E-state index in [4.69, 9.17) is 7.85 Å². The summed E-state index contributed by atoms with van der Waals surface area (Å²) in [6.45, 7) is 0. The highest BCUT2D eigenvalue weighted by molar-refractivity contribution is 6.32. The third-order valence-corrected chi connectivity index (χ3v) is 3.99. The van der Waals surface area contributed by atoms with Crippen LogP contribution in [0.4, 0.5) is 0 Å². The smallest absolute Gasteiger partial charge is 0.0966 e. The van der Waals surface area contributed by atoms with Crippen LogP contribution < -0.4 is 5.46 Å². The number of hydrogen-bond donors (Lipinski definition) is 0. The second kappa shape index (κ2) is 4.78. The van der Waals surface area contributed by atoms with Crippen LogP contribution >= 0.6 is 0 Å². The van der Waals surface area contributed by atoms with E-state index >= 15 is 0 Å². The highest BCUT2D eigenvalue weighted by Gasteiger charge is 2.03. The first kappa shape index (κ1) is 12.2. The fraction of sp³-hybridized carbons (Fsp3) is 0. The molecule has 4 rings (SSSR count). The molecule has 0 N–H and O–H groups in total. The Bertz CT molecular complexity index is 937. The Hall–Kier alpha value is -2.54. The van der Waals surface area contributed by atoms with Gasteiger partial charge in [0, 0.05) is 0 Å². The molecule has 0 heterocycles. The lowest BCUT2D eigenvalue weighted by Gasteiger charge is -2.07. The molecule has 0 aromatic heterocycles. The van der Waals surface area contributed by atoms with Crippen molar-refractivity contribution in [2.75, 3.05) is 0 Å². The van der Waals surface area contributed by atoms with Gasteiger partial charge in [0.25, 0.3) is 0 Å². The van der Waals surface area contributed by atoms with Gasteiger partial charge in [0.05, 0.1) is 0 Å². The molecular formula is C20H13B. The second-order valence-electron chi connectivity index (χ2n) is 5.34. The molecule has 0 aliphatic rings. The van der Waals surface area contributed by atoms with Gasteiger partial charge in [0.15, 0.2) is 0 Å². The van der Waals surface area contributed by atoms with E-state index in [1.54, 1.807) is 0 Å². The minimum Gasteiger partial charge on any atom is -0.0966 e. The van der Waals surface area contributed by atoms with Crippen molar-refractivity contribution in [3.05, 3.63) is 78.9 Å². The molecule has 0 bridgehead atoms. The van der Waals surface area contributed by atoms with Gasteiger partial charge in [-0.15, -0.1) is 0 Å². The highest BCUT2D eigenvalue weighted by Crippen LogP contribution is 2.29. The largest absolute Gasteiger partial charge is 0.113 e. The summed E-state index contributed by atoms with van der Waals surface area (Å²) in [5.74, 6) is 0. The van der Waals surface area contributed by atoms with Crippen molar-refractivity contribution in [1.29, 1.82) is 0 Å². The van der Waals surface area contributed by atoms with Gasteiger partial charge in [-0.1, -0.05) is 78.3 Å². The third-order valence-electron chi connectivity index (χ3n) is 3.99. The number of fused-ring (bicyclic) bond motifs is 3. The first-order valence-electron chi connectivity index (χ1n) is 7.09. The van der Waals surface area contributed by atoms with Gasteiger partial charge < -0.3 is 0 Å². The Morgan fingerprint density at radius 3 is 2.05 bits per heavy atom. The van der Waals surface area contributed by atoms with Gasteiger partial charge in [0.1, 0.15) is 7.85 Å². The van der Waals surface area contributed by atoms with Gasteiger partial charge >= 0.3 is 0 Å². The molecule has 0 aliphatic carbocycles. The van der Waals surface area contributed by atoms with Crippen LogP contribution in [0.2, 0.25) is 0 Å². The Morgan fingerprint density at radius 1 is 0.524 bits per heavy atom. The van der Waals surface area contributed by atoms with Gasteiger partial charge in [-0.05, 0) is 38.7 Å². The minimum absolute atomic E-state index is 0.797. The first-order chi connectivity index (χ1) is 10.3. The maximum Gasteiger partial charge on any atom is 0.113 e. The SMILES string of the molecule is [B]c1ccc(-c2ccc3c(ccc4ccccc43)c2)cc1. The van der Waals surface area contributed by atoms with E-state index in [1.165, 1.54) is 32.7 Å². The zero-order valence-corrected chi connectivity index (χ0v) is 11.6. The molecule has 1 heteroatoms. The second-order valence-corrected chi connectivity index (χ2v) is 5.34. The van der Waals surface area contributed by atoms with Crippen LogP contribution in [-0.2, 0) is 0 Å². The normalized spacial score (nSPS) is 11.0. The Kier molecular flexibility index (Phi) is 2.78. The molecule has 0 nitrogen and oxygen atoms in total. The first-order valence-corrected chi connectivity index (χ1v) is 7.09. The molecule has 96 valence electrons. The van der Waals surface area contributed by atoms with E-state index in [1.807, 2.05) is 12.1 Å². The van der Waals surface area contributed by atoms with Crippen LogP contribution in [0, 0.1) is 0 Å². The van der Waals surface area contributed by atoms with E-state index in [-0.39, 0.29) is 0 Å². The van der Waals surface area contributed by atoms with Crippen LogP contribution in [0.15, 0.2) is 78.9 Å². The van der Waals surface area contributed by atoms with Gasteiger partial charge in [-0.3, -0.25) is 0 Å². The predicted molar refractivity (Wildman–Crippen MR) is 92.3 cm³/mol. The van der Waals surface area contributed by atoms with Gasteiger partial charge in [0.2, 0.25) is 0 Å². The van der Waals surface area contributed by atoms with Crippen molar-refractivity contribution in [2.24, 2.45) is 0 Å². The Balaban J connectivity index is 1.94. The summed E-state index contributed by atoms with van der Waals surface area (Å²) in [7, 11) is 5.76. The molecule has 0 fully saturated rings. The molecule has 0 saturated carbocycles. The lowest BCUT2D eigenvalue weighted by molar-refractivity contribution is 1.67. The molecule has 0 spiro atoms. The van der Waals surface area contributed by atoms with E-state index in [9.17, 15) is 0 Å². The summed E-state index contributed by atoms with van der Waals surface area (Å²) in [6, 6.07) is 27.5. The third kappa shape index (κ3) is 2.11. The maximum atomic E-state index is 5.76. The molecule has 0 atom stereocenters. The molecular weight excluding hydrogens is 251 g/mol. The zero-order valence-electron chi connectivity index (χ0n) is 11.6. The predicted octanol–water partition coefficient (Wildman–Crippen LogP) is 4.45. The van der Waals surface area contributed by atoms with Gasteiger partial charge in [-0.25, -0.2) is 0 Å². The van der Waals surface area contributed by atoms with Crippen molar-refractivity contribution in [2.45, 2.75) is 0 Å². The zero-order chi connectivity index (χ0) is 14.2. The van der Waals surface area contributed by atoms with Crippen molar-refractivity contribution in [1.82, 2.24) is 0 Å². The van der Waals surface area contributed by atoms with Crippen molar-refractivity contribution in [3.63, 3.8) is 0 Å². The molecule has 4 aromatic rings. The van der Waals surface area contributed by atoms with E-state index in [0.717, 1.165) is 5.46 Å². The molecule has 0 unspecified atom stereocenters. The summed E-state index contributed by atoms with van der Waals surface area (Å²) >= 11 is 0.